The van der Waals surface area contributed by atoms with E-state index in [1.165, 1.54) is 134 Å². The molecule has 2 nitrogen and oxygen atoms in total. The van der Waals surface area contributed by atoms with Crippen LogP contribution in [0.5, 0.6) is 0 Å². The SMILES string of the molecule is CC1=CC=C(N(c2ccc(C)cc2)c2cc3c4c(c2)C(C)(C)c2ccc5c6c7c(c(c-4c26)C3(C)C)C(C)(C)c2cc(N(c3ccc(C)cc3)c3ccc(C)cc3)cc(c2-7)C5(C)C)CC1. The summed E-state index contributed by atoms with van der Waals surface area (Å²) in [5.41, 5.74) is 29.5. The zero-order valence-corrected chi connectivity index (χ0v) is 39.9. The number of nitrogens with zero attached hydrogens (tertiary/aromatic N) is 2. The van der Waals surface area contributed by atoms with Gasteiger partial charge in [-0.3, -0.25) is 0 Å². The summed E-state index contributed by atoms with van der Waals surface area (Å²) in [4.78, 5) is 5.07. The second-order valence-electron chi connectivity index (χ2n) is 22.1. The number of hydrogen-bond donors (Lipinski definition) is 0. The zero-order chi connectivity index (χ0) is 44.6. The second-order valence-corrected chi connectivity index (χ2v) is 22.1. The van der Waals surface area contributed by atoms with Crippen LogP contribution in [0.2, 0.25) is 0 Å². The Morgan fingerprint density at radius 1 is 0.344 bits per heavy atom. The monoisotopic (exact) mass is 832 g/mol. The molecular formula is C62H60N2. The van der Waals surface area contributed by atoms with Gasteiger partial charge in [0.15, 0.2) is 0 Å². The van der Waals surface area contributed by atoms with Gasteiger partial charge in [0.2, 0.25) is 0 Å². The first kappa shape index (κ1) is 39.5. The van der Waals surface area contributed by atoms with E-state index in [1.54, 1.807) is 0 Å². The van der Waals surface area contributed by atoms with Crippen molar-refractivity contribution in [2.75, 3.05) is 9.80 Å². The molecule has 0 radical (unpaired) electrons. The first-order valence-corrected chi connectivity index (χ1v) is 23.6. The van der Waals surface area contributed by atoms with Crippen molar-refractivity contribution in [3.8, 4) is 22.3 Å². The van der Waals surface area contributed by atoms with Crippen LogP contribution in [-0.2, 0) is 21.7 Å². The Morgan fingerprint density at radius 3 is 1.08 bits per heavy atom. The molecule has 2 heteroatoms. The lowest BCUT2D eigenvalue weighted by Crippen LogP contribution is -2.28. The Morgan fingerprint density at radius 2 is 0.703 bits per heavy atom. The maximum Gasteiger partial charge on any atom is 0.0468 e. The maximum absolute atomic E-state index is 2.59. The van der Waals surface area contributed by atoms with E-state index in [1.807, 2.05) is 0 Å². The van der Waals surface area contributed by atoms with Gasteiger partial charge in [-0.2, -0.15) is 0 Å². The van der Waals surface area contributed by atoms with Crippen LogP contribution in [0.4, 0.5) is 28.4 Å². The molecule has 64 heavy (non-hydrogen) atoms. The molecule has 0 aromatic heterocycles. The summed E-state index contributed by atoms with van der Waals surface area (Å²) in [6.45, 7) is 28.9. The molecule has 0 unspecified atom stereocenters. The lowest BCUT2D eigenvalue weighted by atomic mass is 9.62. The molecule has 5 aliphatic carbocycles. The minimum Gasteiger partial charge on any atom is -0.314 e. The van der Waals surface area contributed by atoms with Gasteiger partial charge in [-0.25, -0.2) is 0 Å². The Bertz CT molecular complexity index is 3230. The highest BCUT2D eigenvalue weighted by molar-refractivity contribution is 6.19. The molecule has 0 aliphatic heterocycles. The Labute approximate surface area is 381 Å². The summed E-state index contributed by atoms with van der Waals surface area (Å²) >= 11 is 0. The van der Waals surface area contributed by atoms with Crippen LogP contribution in [0.3, 0.4) is 0 Å². The highest BCUT2D eigenvalue weighted by atomic mass is 15.2. The van der Waals surface area contributed by atoms with Crippen molar-refractivity contribution < 1.29 is 0 Å². The van der Waals surface area contributed by atoms with Crippen molar-refractivity contribution in [3.63, 3.8) is 0 Å². The Hall–Kier alpha value is -6.12. The van der Waals surface area contributed by atoms with Gasteiger partial charge in [0.25, 0.3) is 0 Å². The van der Waals surface area contributed by atoms with Crippen LogP contribution >= 0.6 is 0 Å². The summed E-state index contributed by atoms with van der Waals surface area (Å²) in [7, 11) is 0. The van der Waals surface area contributed by atoms with Gasteiger partial charge in [0, 0.05) is 55.8 Å². The Kier molecular flexibility index (Phi) is 7.88. The van der Waals surface area contributed by atoms with E-state index in [0.29, 0.717) is 0 Å². The van der Waals surface area contributed by atoms with Gasteiger partial charge >= 0.3 is 0 Å². The maximum atomic E-state index is 2.59. The van der Waals surface area contributed by atoms with Gasteiger partial charge in [0.05, 0.1) is 0 Å². The van der Waals surface area contributed by atoms with E-state index in [-0.39, 0.29) is 21.7 Å². The minimum absolute atomic E-state index is 0.220. The van der Waals surface area contributed by atoms with Crippen molar-refractivity contribution in [1.29, 1.82) is 0 Å². The molecule has 12 rings (SSSR count). The van der Waals surface area contributed by atoms with Gasteiger partial charge in [0.1, 0.15) is 0 Å². The molecule has 318 valence electrons. The first-order chi connectivity index (χ1) is 30.4. The van der Waals surface area contributed by atoms with Crippen molar-refractivity contribution >= 4 is 39.2 Å². The summed E-state index contributed by atoms with van der Waals surface area (Å²) in [6.07, 6.45) is 6.81. The molecule has 0 amide bonds. The fourth-order valence-corrected chi connectivity index (χ4v) is 12.9. The fraction of sp³-hybridized carbons (Fsp3) is 0.290. The van der Waals surface area contributed by atoms with Crippen LogP contribution in [0.25, 0.3) is 33.0 Å². The van der Waals surface area contributed by atoms with Gasteiger partial charge in [-0.05, 0) is 185 Å². The predicted octanol–water partition coefficient (Wildman–Crippen LogP) is 16.9. The first-order valence-electron chi connectivity index (χ1n) is 23.6. The number of aryl methyl sites for hydroxylation is 3. The molecule has 7 aromatic rings. The molecule has 0 atom stereocenters. The molecule has 7 aromatic carbocycles. The number of anilines is 5. The van der Waals surface area contributed by atoms with Crippen molar-refractivity contribution in [2.24, 2.45) is 0 Å². The molecule has 5 aliphatic rings. The summed E-state index contributed by atoms with van der Waals surface area (Å²) in [5.74, 6) is 0. The van der Waals surface area contributed by atoms with E-state index in [0.717, 1.165) is 12.8 Å². The number of fused-ring (bicyclic) bond motifs is 1. The molecule has 0 heterocycles. The predicted molar refractivity (Wildman–Crippen MR) is 272 cm³/mol. The average molecular weight is 833 g/mol. The van der Waals surface area contributed by atoms with Gasteiger partial charge in [-0.1, -0.05) is 132 Å². The topological polar surface area (TPSA) is 6.48 Å². The Balaban J connectivity index is 1.15. The number of allylic oxidation sites excluding steroid dienone is 4. The lowest BCUT2D eigenvalue weighted by Gasteiger charge is -2.41. The van der Waals surface area contributed by atoms with Crippen LogP contribution in [0, 0.1) is 20.8 Å². The normalized spacial score (nSPS) is 17.9. The number of rotatable bonds is 6. The van der Waals surface area contributed by atoms with Crippen LogP contribution in [-0.4, -0.2) is 0 Å². The summed E-state index contributed by atoms with van der Waals surface area (Å²) < 4.78 is 0. The quantitative estimate of drug-likeness (QED) is 0.165. The van der Waals surface area contributed by atoms with E-state index < -0.39 is 0 Å². The molecule has 0 saturated heterocycles. The van der Waals surface area contributed by atoms with Crippen LogP contribution in [0.15, 0.2) is 133 Å². The average Bonchev–Trinajstić information content (AvgIpc) is 3.64. The lowest BCUT2D eigenvalue weighted by molar-refractivity contribution is 0.600. The molecular weight excluding hydrogens is 773 g/mol. The smallest absolute Gasteiger partial charge is 0.0468 e. The molecule has 0 saturated carbocycles. The number of hydrogen-bond acceptors (Lipinski definition) is 2. The highest BCUT2D eigenvalue weighted by Gasteiger charge is 2.54. The number of benzene rings is 7. The van der Waals surface area contributed by atoms with Crippen molar-refractivity contribution in [1.82, 2.24) is 0 Å². The standard InChI is InChI=1S/C62H60N2/c1-35-13-21-39(22-14-35)63(40-23-15-36(2)16-24-40)43-31-47-51-49(33-43)61(9,10)57-55(51)53-45(59(47,5)6)29-30-46-54(53)56-52-48(60(46,7)8)32-44(34-50(52)62(11,12)58(56)57)64(41-25-17-37(3)18-26-41)42-27-19-38(4)20-28-42/h13-19,21-27,29-34H,20,28H2,1-12H3. The van der Waals surface area contributed by atoms with E-state index >= 15 is 0 Å². The molecule has 0 spiro atoms. The zero-order valence-electron chi connectivity index (χ0n) is 39.9. The van der Waals surface area contributed by atoms with Gasteiger partial charge < -0.3 is 9.80 Å². The third-order valence-electron chi connectivity index (χ3n) is 16.5. The summed E-state index contributed by atoms with van der Waals surface area (Å²) in [5, 5.41) is 3.00. The third kappa shape index (κ3) is 5.03. The van der Waals surface area contributed by atoms with E-state index in [9.17, 15) is 0 Å². The van der Waals surface area contributed by atoms with E-state index in [4.69, 9.17) is 0 Å². The van der Waals surface area contributed by atoms with Crippen LogP contribution in [0.1, 0.15) is 136 Å². The minimum atomic E-state index is -0.254. The highest BCUT2D eigenvalue weighted by Crippen LogP contribution is 2.70. The largest absolute Gasteiger partial charge is 0.314 e. The van der Waals surface area contributed by atoms with Gasteiger partial charge in [-0.15, -0.1) is 0 Å². The molecule has 0 N–H and O–H groups in total. The van der Waals surface area contributed by atoms with Crippen LogP contribution < -0.4 is 9.80 Å². The van der Waals surface area contributed by atoms with Crippen molar-refractivity contribution in [3.05, 3.63) is 194 Å². The van der Waals surface area contributed by atoms with E-state index in [2.05, 4.69) is 214 Å². The summed E-state index contributed by atoms with van der Waals surface area (Å²) in [6, 6.07) is 42.7. The molecule has 0 bridgehead atoms. The molecule has 0 fully saturated rings. The van der Waals surface area contributed by atoms with Crippen molar-refractivity contribution in [2.45, 2.75) is 118 Å². The third-order valence-corrected chi connectivity index (χ3v) is 16.5. The second kappa shape index (κ2) is 12.8. The fourth-order valence-electron chi connectivity index (χ4n) is 12.9.